The molecule has 3 aromatic rings. The van der Waals surface area contributed by atoms with Crippen LogP contribution in [0.3, 0.4) is 0 Å². The third-order valence-corrected chi connectivity index (χ3v) is 4.68. The quantitative estimate of drug-likeness (QED) is 0.739. The van der Waals surface area contributed by atoms with Crippen molar-refractivity contribution in [1.29, 1.82) is 0 Å². The van der Waals surface area contributed by atoms with Crippen LogP contribution in [0.5, 0.6) is 0 Å². The Morgan fingerprint density at radius 3 is 2.67 bits per heavy atom. The Bertz CT molecular complexity index is 954. The lowest BCUT2D eigenvalue weighted by Crippen LogP contribution is -2.07. The summed E-state index contributed by atoms with van der Waals surface area (Å²) in [5, 5.41) is 9.85. The molecule has 2 aromatic carbocycles. The number of rotatable bonds is 5. The Morgan fingerprint density at radius 1 is 1.17 bits per heavy atom. The van der Waals surface area contributed by atoms with Gasteiger partial charge in [-0.3, -0.25) is 4.79 Å². The van der Waals surface area contributed by atoms with Crippen molar-refractivity contribution >= 4 is 44.9 Å². The summed E-state index contributed by atoms with van der Waals surface area (Å²) in [6, 6.07) is 8.82. The number of carbonyl (C=O) groups excluding carboxylic acids is 1. The van der Waals surface area contributed by atoms with Gasteiger partial charge < -0.3 is 5.11 Å². The van der Waals surface area contributed by atoms with E-state index in [0.29, 0.717) is 20.8 Å². The molecule has 0 saturated heterocycles. The second kappa shape index (κ2) is 6.67. The number of thiazole rings is 1. The zero-order chi connectivity index (χ0) is 17.3. The lowest BCUT2D eigenvalue weighted by Gasteiger charge is -2.02. The van der Waals surface area contributed by atoms with Crippen molar-refractivity contribution in [3.05, 3.63) is 63.4 Å². The standard InChI is InChI=1S/C17H11ClFNO3S/c18-11-3-1-9(13(19)7-11)5-12(21)8-16-20-14-4-2-10(17(22)23)6-15(14)24-16/h1-4,6-7H,5,8H2,(H,22,23). The summed E-state index contributed by atoms with van der Waals surface area (Å²) in [7, 11) is 0. The number of Topliss-reactive ketones (excluding diaryl/α,β-unsaturated/α-hetero) is 1. The highest BCUT2D eigenvalue weighted by molar-refractivity contribution is 7.18. The van der Waals surface area contributed by atoms with Crippen LogP contribution in [0.1, 0.15) is 20.9 Å². The van der Waals surface area contributed by atoms with Gasteiger partial charge in [-0.15, -0.1) is 11.3 Å². The molecule has 0 amide bonds. The minimum Gasteiger partial charge on any atom is -0.478 e. The molecule has 0 atom stereocenters. The molecule has 1 N–H and O–H groups in total. The van der Waals surface area contributed by atoms with Crippen molar-refractivity contribution in [2.75, 3.05) is 0 Å². The topological polar surface area (TPSA) is 67.3 Å². The number of aromatic carboxylic acids is 1. The number of nitrogens with zero attached hydrogens (tertiary/aromatic N) is 1. The zero-order valence-electron chi connectivity index (χ0n) is 12.3. The zero-order valence-corrected chi connectivity index (χ0v) is 13.8. The van der Waals surface area contributed by atoms with Gasteiger partial charge in [-0.05, 0) is 35.9 Å². The summed E-state index contributed by atoms with van der Waals surface area (Å²) in [5.41, 5.74) is 1.11. The van der Waals surface area contributed by atoms with Gasteiger partial charge in [0.1, 0.15) is 16.6 Å². The third-order valence-electron chi connectivity index (χ3n) is 3.43. The van der Waals surface area contributed by atoms with Crippen LogP contribution in [-0.4, -0.2) is 21.8 Å². The fourth-order valence-electron chi connectivity index (χ4n) is 2.29. The summed E-state index contributed by atoms with van der Waals surface area (Å²) < 4.78 is 14.4. The SMILES string of the molecule is O=C(Cc1nc2ccc(C(=O)O)cc2s1)Cc1ccc(Cl)cc1F. The highest BCUT2D eigenvalue weighted by atomic mass is 35.5. The maximum absolute atomic E-state index is 13.7. The second-order valence-corrected chi connectivity index (χ2v) is 6.77. The molecule has 0 bridgehead atoms. The number of aromatic nitrogens is 1. The number of fused-ring (bicyclic) bond motifs is 1. The number of carboxylic acids is 1. The first-order valence-corrected chi connectivity index (χ1v) is 8.20. The molecule has 0 radical (unpaired) electrons. The summed E-state index contributed by atoms with van der Waals surface area (Å²) in [4.78, 5) is 27.4. The molecule has 122 valence electrons. The molecule has 0 saturated carbocycles. The molecule has 24 heavy (non-hydrogen) atoms. The summed E-state index contributed by atoms with van der Waals surface area (Å²) >= 11 is 6.95. The molecule has 0 aliphatic heterocycles. The number of ketones is 1. The number of hydrogen-bond acceptors (Lipinski definition) is 4. The molecule has 0 spiro atoms. The Morgan fingerprint density at radius 2 is 1.96 bits per heavy atom. The highest BCUT2D eigenvalue weighted by Gasteiger charge is 2.13. The molecular weight excluding hydrogens is 353 g/mol. The van der Waals surface area contributed by atoms with Crippen LogP contribution in [-0.2, 0) is 17.6 Å². The van der Waals surface area contributed by atoms with Crippen molar-refractivity contribution < 1.29 is 19.1 Å². The first kappa shape index (κ1) is 16.5. The van der Waals surface area contributed by atoms with E-state index in [0.717, 1.165) is 0 Å². The van der Waals surface area contributed by atoms with Crippen LogP contribution in [0, 0.1) is 5.82 Å². The average molecular weight is 364 g/mol. The van der Waals surface area contributed by atoms with E-state index in [9.17, 15) is 14.0 Å². The minimum atomic E-state index is -1.01. The van der Waals surface area contributed by atoms with Crippen LogP contribution in [0.4, 0.5) is 4.39 Å². The van der Waals surface area contributed by atoms with Gasteiger partial charge in [0, 0.05) is 11.4 Å². The van der Waals surface area contributed by atoms with E-state index >= 15 is 0 Å². The van der Waals surface area contributed by atoms with Crippen molar-refractivity contribution in [2.24, 2.45) is 0 Å². The van der Waals surface area contributed by atoms with Gasteiger partial charge in [0.15, 0.2) is 0 Å². The Kier molecular flexibility index (Phi) is 4.59. The molecular formula is C17H11ClFNO3S. The fourth-order valence-corrected chi connectivity index (χ4v) is 3.48. The molecule has 3 rings (SSSR count). The summed E-state index contributed by atoms with van der Waals surface area (Å²) in [6.07, 6.45) is 0.0309. The van der Waals surface area contributed by atoms with Crippen LogP contribution in [0.15, 0.2) is 36.4 Å². The fraction of sp³-hybridized carbons (Fsp3) is 0.118. The molecule has 7 heteroatoms. The number of benzene rings is 2. The summed E-state index contributed by atoms with van der Waals surface area (Å²) in [5.74, 6) is -1.69. The van der Waals surface area contributed by atoms with E-state index < -0.39 is 11.8 Å². The maximum atomic E-state index is 13.7. The average Bonchev–Trinajstić information content (AvgIpc) is 2.91. The number of halogens is 2. The highest BCUT2D eigenvalue weighted by Crippen LogP contribution is 2.24. The number of hydrogen-bond donors (Lipinski definition) is 1. The van der Waals surface area contributed by atoms with Gasteiger partial charge in [-0.25, -0.2) is 14.2 Å². The van der Waals surface area contributed by atoms with E-state index in [4.69, 9.17) is 16.7 Å². The third kappa shape index (κ3) is 3.60. The van der Waals surface area contributed by atoms with Gasteiger partial charge in [0.2, 0.25) is 0 Å². The first-order valence-electron chi connectivity index (χ1n) is 7.01. The number of carboxylic acid groups (broad SMARTS) is 1. The van der Waals surface area contributed by atoms with Crippen molar-refractivity contribution in [2.45, 2.75) is 12.8 Å². The smallest absolute Gasteiger partial charge is 0.335 e. The van der Waals surface area contributed by atoms with Gasteiger partial charge >= 0.3 is 5.97 Å². The number of carbonyl (C=O) groups is 2. The monoisotopic (exact) mass is 363 g/mol. The van der Waals surface area contributed by atoms with Crippen LogP contribution >= 0.6 is 22.9 Å². The lowest BCUT2D eigenvalue weighted by atomic mass is 10.1. The van der Waals surface area contributed by atoms with E-state index in [-0.39, 0.29) is 29.2 Å². The van der Waals surface area contributed by atoms with Crippen LogP contribution in [0.25, 0.3) is 10.2 Å². The van der Waals surface area contributed by atoms with Crippen molar-refractivity contribution in [3.63, 3.8) is 0 Å². The van der Waals surface area contributed by atoms with E-state index in [1.54, 1.807) is 12.1 Å². The van der Waals surface area contributed by atoms with Gasteiger partial charge in [0.25, 0.3) is 0 Å². The largest absolute Gasteiger partial charge is 0.478 e. The maximum Gasteiger partial charge on any atom is 0.335 e. The lowest BCUT2D eigenvalue weighted by molar-refractivity contribution is -0.117. The van der Waals surface area contributed by atoms with E-state index in [1.165, 1.54) is 35.6 Å². The minimum absolute atomic E-state index is 0.0424. The predicted molar refractivity (Wildman–Crippen MR) is 90.4 cm³/mol. The van der Waals surface area contributed by atoms with Crippen LogP contribution in [0.2, 0.25) is 5.02 Å². The molecule has 1 heterocycles. The van der Waals surface area contributed by atoms with E-state index in [1.807, 2.05) is 0 Å². The molecule has 0 fully saturated rings. The van der Waals surface area contributed by atoms with Gasteiger partial charge in [0.05, 0.1) is 22.2 Å². The predicted octanol–water partition coefficient (Wildman–Crippen LogP) is 4.14. The van der Waals surface area contributed by atoms with Gasteiger partial charge in [-0.1, -0.05) is 17.7 Å². The molecule has 0 unspecified atom stereocenters. The summed E-state index contributed by atoms with van der Waals surface area (Å²) in [6.45, 7) is 0. The van der Waals surface area contributed by atoms with Crippen LogP contribution < -0.4 is 0 Å². The Balaban J connectivity index is 1.76. The van der Waals surface area contributed by atoms with Crippen molar-refractivity contribution in [3.8, 4) is 0 Å². The second-order valence-electron chi connectivity index (χ2n) is 5.22. The van der Waals surface area contributed by atoms with Gasteiger partial charge in [-0.2, -0.15) is 0 Å². The Labute approximate surface area is 145 Å². The Hall–Kier alpha value is -2.31. The van der Waals surface area contributed by atoms with Crippen molar-refractivity contribution in [1.82, 2.24) is 4.98 Å². The normalized spacial score (nSPS) is 10.9. The first-order chi connectivity index (χ1) is 11.4. The van der Waals surface area contributed by atoms with E-state index in [2.05, 4.69) is 4.98 Å². The molecule has 0 aliphatic carbocycles. The molecule has 0 aliphatic rings. The molecule has 4 nitrogen and oxygen atoms in total. The molecule has 1 aromatic heterocycles.